The smallest absolute Gasteiger partial charge is 0.325 e. The predicted octanol–water partition coefficient (Wildman–Crippen LogP) is 0.186. The van der Waals surface area contributed by atoms with Crippen LogP contribution in [0.5, 0.6) is 5.06 Å². The maximum atomic E-state index is 11.5. The third-order valence-electron chi connectivity index (χ3n) is 1.70. The van der Waals surface area contributed by atoms with E-state index >= 15 is 0 Å². The molecule has 0 saturated heterocycles. The van der Waals surface area contributed by atoms with Gasteiger partial charge in [-0.15, -0.1) is 11.3 Å². The molecule has 0 bridgehead atoms. The van der Waals surface area contributed by atoms with Crippen molar-refractivity contribution in [1.82, 2.24) is 4.72 Å². The van der Waals surface area contributed by atoms with Gasteiger partial charge in [0.1, 0.15) is 6.04 Å². The highest BCUT2D eigenvalue weighted by molar-refractivity contribution is 7.78. The SMILES string of the molecule is CCOC(=O)C(CN)NS(=O)Oc1cccs1. The van der Waals surface area contributed by atoms with E-state index in [1.54, 1.807) is 24.4 Å². The highest BCUT2D eigenvalue weighted by Crippen LogP contribution is 2.18. The zero-order chi connectivity index (χ0) is 12.7. The number of esters is 1. The molecular weight excluding hydrogens is 264 g/mol. The first-order chi connectivity index (χ1) is 8.17. The van der Waals surface area contributed by atoms with E-state index in [0.717, 1.165) is 0 Å². The summed E-state index contributed by atoms with van der Waals surface area (Å²) in [6.45, 7) is 1.92. The fourth-order valence-electron chi connectivity index (χ4n) is 0.961. The first-order valence-corrected chi connectivity index (χ1v) is 6.89. The molecule has 1 rings (SSSR count). The zero-order valence-electron chi connectivity index (χ0n) is 9.25. The van der Waals surface area contributed by atoms with Gasteiger partial charge in [-0.25, -0.2) is 0 Å². The normalized spacial score (nSPS) is 14.0. The summed E-state index contributed by atoms with van der Waals surface area (Å²) in [4.78, 5) is 11.4. The van der Waals surface area contributed by atoms with E-state index in [1.807, 2.05) is 0 Å². The summed E-state index contributed by atoms with van der Waals surface area (Å²) in [6.07, 6.45) is 0. The van der Waals surface area contributed by atoms with Crippen LogP contribution in [0.3, 0.4) is 0 Å². The Hall–Kier alpha value is -0.960. The van der Waals surface area contributed by atoms with Gasteiger partial charge in [-0.05, 0) is 24.4 Å². The largest absolute Gasteiger partial charge is 0.465 e. The topological polar surface area (TPSA) is 90.6 Å². The van der Waals surface area contributed by atoms with Crippen molar-refractivity contribution in [3.8, 4) is 5.06 Å². The van der Waals surface area contributed by atoms with Crippen LogP contribution in [-0.2, 0) is 20.8 Å². The van der Waals surface area contributed by atoms with Gasteiger partial charge in [0, 0.05) is 6.54 Å². The van der Waals surface area contributed by atoms with Gasteiger partial charge in [-0.2, -0.15) is 8.93 Å². The Labute approximate surface area is 106 Å². The summed E-state index contributed by atoms with van der Waals surface area (Å²) in [5.74, 6) is -0.543. The monoisotopic (exact) mass is 278 g/mol. The third kappa shape index (κ3) is 4.82. The minimum absolute atomic E-state index is 0.0155. The van der Waals surface area contributed by atoms with Crippen molar-refractivity contribution in [3.05, 3.63) is 17.5 Å². The first kappa shape index (κ1) is 14.1. The van der Waals surface area contributed by atoms with Crippen LogP contribution in [0.15, 0.2) is 17.5 Å². The molecule has 8 heteroatoms. The lowest BCUT2D eigenvalue weighted by molar-refractivity contribution is -0.144. The molecule has 0 amide bonds. The second-order valence-electron chi connectivity index (χ2n) is 2.91. The number of rotatable bonds is 7. The van der Waals surface area contributed by atoms with Gasteiger partial charge in [0.2, 0.25) is 0 Å². The molecule has 3 N–H and O–H groups in total. The van der Waals surface area contributed by atoms with Gasteiger partial charge in [-0.1, -0.05) is 0 Å². The van der Waals surface area contributed by atoms with Crippen LogP contribution < -0.4 is 14.6 Å². The molecule has 0 spiro atoms. The molecule has 0 aliphatic carbocycles. The standard InChI is InChI=1S/C9H14N2O4S2/c1-2-14-9(12)7(6-10)11-17(13)15-8-4-3-5-16-8/h3-5,7,11H,2,6,10H2,1H3. The molecule has 1 aromatic heterocycles. The lowest BCUT2D eigenvalue weighted by Crippen LogP contribution is -2.45. The number of carbonyl (C=O) groups excluding carboxylic acids is 1. The summed E-state index contributed by atoms with van der Waals surface area (Å²) in [5, 5.41) is 2.29. The Kier molecular flexibility index (Phi) is 6.12. The van der Waals surface area contributed by atoms with E-state index in [1.165, 1.54) is 11.3 Å². The second-order valence-corrected chi connectivity index (χ2v) is 4.69. The Morgan fingerprint density at radius 3 is 3.00 bits per heavy atom. The zero-order valence-corrected chi connectivity index (χ0v) is 10.9. The summed E-state index contributed by atoms with van der Waals surface area (Å²) < 4.78 is 23.7. The molecule has 6 nitrogen and oxygen atoms in total. The van der Waals surface area contributed by atoms with Gasteiger partial charge in [-0.3, -0.25) is 4.79 Å². The highest BCUT2D eigenvalue weighted by atomic mass is 32.2. The molecule has 2 atom stereocenters. The fourth-order valence-corrected chi connectivity index (χ4v) is 2.43. The summed E-state index contributed by atoms with van der Waals surface area (Å²) in [6, 6.07) is 2.60. The van der Waals surface area contributed by atoms with Gasteiger partial charge < -0.3 is 14.7 Å². The van der Waals surface area contributed by atoms with Crippen molar-refractivity contribution in [2.45, 2.75) is 13.0 Å². The van der Waals surface area contributed by atoms with E-state index in [-0.39, 0.29) is 13.2 Å². The van der Waals surface area contributed by atoms with E-state index in [4.69, 9.17) is 14.7 Å². The van der Waals surface area contributed by atoms with Gasteiger partial charge >= 0.3 is 5.97 Å². The van der Waals surface area contributed by atoms with Crippen LogP contribution >= 0.6 is 11.3 Å². The molecule has 0 aliphatic rings. The molecule has 0 aromatic carbocycles. The van der Waals surface area contributed by atoms with Crippen LogP contribution in [0.1, 0.15) is 6.92 Å². The number of carbonyl (C=O) groups is 1. The summed E-state index contributed by atoms with van der Waals surface area (Å²) in [7, 11) is 0. The Balaban J connectivity index is 2.45. The van der Waals surface area contributed by atoms with Crippen molar-refractivity contribution in [3.63, 3.8) is 0 Å². The van der Waals surface area contributed by atoms with Crippen LogP contribution in [-0.4, -0.2) is 29.4 Å². The average molecular weight is 278 g/mol. The fraction of sp³-hybridized carbons (Fsp3) is 0.444. The number of thiophene rings is 1. The molecule has 1 aromatic rings. The van der Waals surface area contributed by atoms with Crippen molar-refractivity contribution in [2.75, 3.05) is 13.2 Å². The number of ether oxygens (including phenoxy) is 1. The lowest BCUT2D eigenvalue weighted by Gasteiger charge is -2.13. The molecule has 0 radical (unpaired) electrons. The van der Waals surface area contributed by atoms with Crippen molar-refractivity contribution in [1.29, 1.82) is 0 Å². The Morgan fingerprint density at radius 2 is 2.47 bits per heavy atom. The maximum absolute atomic E-state index is 11.5. The third-order valence-corrected chi connectivity index (χ3v) is 3.36. The molecule has 17 heavy (non-hydrogen) atoms. The quantitative estimate of drug-likeness (QED) is 0.695. The van der Waals surface area contributed by atoms with E-state index in [2.05, 4.69) is 4.72 Å². The highest BCUT2D eigenvalue weighted by Gasteiger charge is 2.21. The average Bonchev–Trinajstić information content (AvgIpc) is 2.78. The minimum Gasteiger partial charge on any atom is -0.465 e. The van der Waals surface area contributed by atoms with Gasteiger partial charge in [0.05, 0.1) is 6.61 Å². The van der Waals surface area contributed by atoms with Crippen molar-refractivity contribution < 1.29 is 17.9 Å². The molecule has 2 unspecified atom stereocenters. The van der Waals surface area contributed by atoms with Crippen LogP contribution in [0.25, 0.3) is 0 Å². The number of nitrogens with two attached hydrogens (primary N) is 1. The second kappa shape index (κ2) is 7.38. The first-order valence-electron chi connectivity index (χ1n) is 4.93. The van der Waals surface area contributed by atoms with Crippen LogP contribution in [0, 0.1) is 0 Å². The Morgan fingerprint density at radius 1 is 1.71 bits per heavy atom. The molecule has 0 fully saturated rings. The van der Waals surface area contributed by atoms with E-state index < -0.39 is 23.3 Å². The minimum atomic E-state index is -1.82. The number of nitrogens with one attached hydrogen (secondary N) is 1. The molecular formula is C9H14N2O4S2. The van der Waals surface area contributed by atoms with Crippen molar-refractivity contribution in [2.24, 2.45) is 5.73 Å². The van der Waals surface area contributed by atoms with Gasteiger partial charge in [0.25, 0.3) is 11.3 Å². The molecule has 0 saturated carbocycles. The molecule has 96 valence electrons. The maximum Gasteiger partial charge on any atom is 0.325 e. The van der Waals surface area contributed by atoms with Crippen LogP contribution in [0.2, 0.25) is 0 Å². The number of hydrogen-bond donors (Lipinski definition) is 2. The molecule has 0 aliphatic heterocycles. The van der Waals surface area contributed by atoms with Crippen LogP contribution in [0.4, 0.5) is 0 Å². The van der Waals surface area contributed by atoms with Crippen molar-refractivity contribution >= 4 is 28.6 Å². The summed E-state index contributed by atoms with van der Waals surface area (Å²) in [5.41, 5.74) is 5.37. The lowest BCUT2D eigenvalue weighted by atomic mass is 10.3. The van der Waals surface area contributed by atoms with E-state index in [9.17, 15) is 9.00 Å². The van der Waals surface area contributed by atoms with Gasteiger partial charge in [0.15, 0.2) is 5.06 Å². The number of hydrogen-bond acceptors (Lipinski definition) is 6. The van der Waals surface area contributed by atoms with E-state index in [0.29, 0.717) is 5.06 Å². The predicted molar refractivity (Wildman–Crippen MR) is 65.7 cm³/mol. The Bertz CT molecular complexity index is 369. The molecule has 1 heterocycles. The summed E-state index contributed by atoms with van der Waals surface area (Å²) >= 11 is -0.522.